The van der Waals surface area contributed by atoms with E-state index in [-0.39, 0.29) is 6.09 Å². The first-order valence-corrected chi connectivity index (χ1v) is 9.47. The maximum Gasteiger partial charge on any atom is 0.409 e. The Bertz CT molecular complexity index is 760. The van der Waals surface area contributed by atoms with E-state index in [0.29, 0.717) is 38.7 Å². The smallest absolute Gasteiger partial charge is 0.409 e. The fraction of sp³-hybridized carbons (Fsp3) is 0.450. The van der Waals surface area contributed by atoms with Crippen molar-refractivity contribution in [3.05, 3.63) is 42.1 Å². The number of aromatic nitrogens is 2. The number of ether oxygens (including phenoxy) is 1. The Labute approximate surface area is 160 Å². The van der Waals surface area contributed by atoms with E-state index in [1.54, 1.807) is 4.90 Å². The quantitative estimate of drug-likeness (QED) is 0.806. The fourth-order valence-corrected chi connectivity index (χ4v) is 3.20. The monoisotopic (exact) mass is 369 g/mol. The van der Waals surface area contributed by atoms with Crippen molar-refractivity contribution in [2.75, 3.05) is 49.1 Å². The van der Waals surface area contributed by atoms with E-state index < -0.39 is 0 Å². The third-order valence-electron chi connectivity index (χ3n) is 4.58. The van der Waals surface area contributed by atoms with Crippen LogP contribution in [0.4, 0.5) is 22.2 Å². The predicted molar refractivity (Wildman–Crippen MR) is 107 cm³/mol. The van der Waals surface area contributed by atoms with Gasteiger partial charge < -0.3 is 19.4 Å². The molecule has 2 heterocycles. The third-order valence-corrected chi connectivity index (χ3v) is 4.58. The molecule has 0 saturated carbocycles. The highest BCUT2D eigenvalue weighted by molar-refractivity contribution is 5.68. The van der Waals surface area contributed by atoms with Gasteiger partial charge in [-0.05, 0) is 32.9 Å². The molecular formula is C20H27N5O2. The Morgan fingerprint density at radius 1 is 1.11 bits per heavy atom. The van der Waals surface area contributed by atoms with Crippen molar-refractivity contribution in [3.63, 3.8) is 0 Å². The second-order valence-corrected chi connectivity index (χ2v) is 6.42. The van der Waals surface area contributed by atoms with Gasteiger partial charge in [-0.2, -0.15) is 4.98 Å². The summed E-state index contributed by atoms with van der Waals surface area (Å²) in [5.74, 6) is 1.60. The first kappa shape index (κ1) is 18.9. The highest BCUT2D eigenvalue weighted by Gasteiger charge is 2.24. The van der Waals surface area contributed by atoms with Gasteiger partial charge in [-0.3, -0.25) is 0 Å². The molecule has 1 aliphatic rings. The Hall–Kier alpha value is -2.83. The molecule has 0 radical (unpaired) electrons. The standard InChI is InChI=1S/C20H27N5O2/c1-4-25(17-9-7-6-8-10-17)18-15-16(3)21-19(22-18)23-11-13-24(14-12-23)20(26)27-5-2/h6-10,15H,4-5,11-14H2,1-3H3. The van der Waals surface area contributed by atoms with E-state index in [9.17, 15) is 4.79 Å². The molecule has 27 heavy (non-hydrogen) atoms. The topological polar surface area (TPSA) is 61.8 Å². The number of piperazine rings is 1. The average Bonchev–Trinajstić information content (AvgIpc) is 2.69. The molecule has 0 atom stereocenters. The van der Waals surface area contributed by atoms with Crippen molar-refractivity contribution in [1.29, 1.82) is 0 Å². The third kappa shape index (κ3) is 4.48. The second-order valence-electron chi connectivity index (χ2n) is 6.42. The van der Waals surface area contributed by atoms with Gasteiger partial charge in [0.1, 0.15) is 5.82 Å². The van der Waals surface area contributed by atoms with E-state index in [1.807, 2.05) is 38.1 Å². The summed E-state index contributed by atoms with van der Waals surface area (Å²) in [5.41, 5.74) is 2.04. The summed E-state index contributed by atoms with van der Waals surface area (Å²) in [6.07, 6.45) is -0.246. The van der Waals surface area contributed by atoms with Crippen molar-refractivity contribution < 1.29 is 9.53 Å². The lowest BCUT2D eigenvalue weighted by atomic mass is 10.2. The summed E-state index contributed by atoms with van der Waals surface area (Å²) in [4.78, 5) is 27.4. The largest absolute Gasteiger partial charge is 0.450 e. The Morgan fingerprint density at radius 2 is 1.81 bits per heavy atom. The molecule has 144 valence electrons. The van der Waals surface area contributed by atoms with Crippen LogP contribution in [0.25, 0.3) is 0 Å². The van der Waals surface area contributed by atoms with E-state index in [4.69, 9.17) is 9.72 Å². The number of nitrogens with zero attached hydrogens (tertiary/aromatic N) is 5. The van der Waals surface area contributed by atoms with Gasteiger partial charge >= 0.3 is 6.09 Å². The normalized spacial score (nSPS) is 14.2. The molecule has 2 aromatic rings. The Morgan fingerprint density at radius 3 is 2.44 bits per heavy atom. The van der Waals surface area contributed by atoms with Gasteiger partial charge in [0, 0.05) is 50.2 Å². The van der Waals surface area contributed by atoms with Crippen LogP contribution < -0.4 is 9.80 Å². The first-order chi connectivity index (χ1) is 13.1. The van der Waals surface area contributed by atoms with Crippen LogP contribution >= 0.6 is 0 Å². The van der Waals surface area contributed by atoms with Crippen LogP contribution in [0.2, 0.25) is 0 Å². The lowest BCUT2D eigenvalue weighted by Gasteiger charge is -2.34. The van der Waals surface area contributed by atoms with Gasteiger partial charge in [0.2, 0.25) is 5.95 Å². The summed E-state index contributed by atoms with van der Waals surface area (Å²) < 4.78 is 5.09. The molecule has 1 aromatic carbocycles. The van der Waals surface area contributed by atoms with Crippen LogP contribution in [0.15, 0.2) is 36.4 Å². The van der Waals surface area contributed by atoms with E-state index in [0.717, 1.165) is 23.7 Å². The van der Waals surface area contributed by atoms with E-state index in [1.165, 1.54) is 0 Å². The molecule has 0 aliphatic carbocycles. The number of carbonyl (C=O) groups excluding carboxylic acids is 1. The summed E-state index contributed by atoms with van der Waals surface area (Å²) in [6.45, 7) is 9.75. The summed E-state index contributed by atoms with van der Waals surface area (Å²) in [6, 6.07) is 12.2. The maximum atomic E-state index is 11.9. The van der Waals surface area contributed by atoms with Crippen LogP contribution in [-0.4, -0.2) is 60.3 Å². The number of carbonyl (C=O) groups is 1. The zero-order valence-corrected chi connectivity index (χ0v) is 16.3. The molecule has 1 saturated heterocycles. The van der Waals surface area contributed by atoms with Gasteiger partial charge in [0.05, 0.1) is 6.61 Å². The van der Waals surface area contributed by atoms with Crippen molar-refractivity contribution in [3.8, 4) is 0 Å². The van der Waals surface area contributed by atoms with Crippen LogP contribution in [0.5, 0.6) is 0 Å². The van der Waals surface area contributed by atoms with Gasteiger partial charge in [0.25, 0.3) is 0 Å². The number of rotatable bonds is 5. The average molecular weight is 369 g/mol. The van der Waals surface area contributed by atoms with E-state index in [2.05, 4.69) is 33.8 Å². The van der Waals surface area contributed by atoms with Crippen LogP contribution in [0, 0.1) is 6.92 Å². The van der Waals surface area contributed by atoms with Crippen LogP contribution in [-0.2, 0) is 4.74 Å². The molecule has 1 aliphatic heterocycles. The van der Waals surface area contributed by atoms with E-state index >= 15 is 0 Å². The van der Waals surface area contributed by atoms with Crippen molar-refractivity contribution in [1.82, 2.24) is 14.9 Å². The van der Waals surface area contributed by atoms with Crippen molar-refractivity contribution in [2.45, 2.75) is 20.8 Å². The molecule has 0 bridgehead atoms. The molecule has 1 fully saturated rings. The number of amides is 1. The number of para-hydroxylation sites is 1. The number of aryl methyl sites for hydroxylation is 1. The Kier molecular flexibility index (Phi) is 6.11. The van der Waals surface area contributed by atoms with Crippen molar-refractivity contribution in [2.24, 2.45) is 0 Å². The molecular weight excluding hydrogens is 342 g/mol. The van der Waals surface area contributed by atoms with Crippen molar-refractivity contribution >= 4 is 23.5 Å². The number of benzene rings is 1. The summed E-state index contributed by atoms with van der Waals surface area (Å²) in [5, 5.41) is 0. The van der Waals surface area contributed by atoms with Gasteiger partial charge in [-0.15, -0.1) is 0 Å². The first-order valence-electron chi connectivity index (χ1n) is 9.47. The molecule has 1 aromatic heterocycles. The maximum absolute atomic E-state index is 11.9. The molecule has 0 unspecified atom stereocenters. The van der Waals surface area contributed by atoms with Gasteiger partial charge in [0.15, 0.2) is 0 Å². The number of hydrogen-bond donors (Lipinski definition) is 0. The second kappa shape index (κ2) is 8.70. The number of hydrogen-bond acceptors (Lipinski definition) is 6. The fourth-order valence-electron chi connectivity index (χ4n) is 3.20. The zero-order chi connectivity index (χ0) is 19.2. The molecule has 7 nitrogen and oxygen atoms in total. The Balaban J connectivity index is 1.77. The lowest BCUT2D eigenvalue weighted by Crippen LogP contribution is -2.49. The molecule has 0 N–H and O–H groups in total. The minimum Gasteiger partial charge on any atom is -0.450 e. The molecule has 1 amide bonds. The van der Waals surface area contributed by atoms with Gasteiger partial charge in [-0.1, -0.05) is 18.2 Å². The predicted octanol–water partition coefficient (Wildman–Crippen LogP) is 3.22. The number of anilines is 3. The van der Waals surface area contributed by atoms with Crippen LogP contribution in [0.3, 0.4) is 0 Å². The molecule has 7 heteroatoms. The zero-order valence-electron chi connectivity index (χ0n) is 16.3. The lowest BCUT2D eigenvalue weighted by molar-refractivity contribution is 0.105. The SMILES string of the molecule is CCOC(=O)N1CCN(c2nc(C)cc(N(CC)c3ccccc3)n2)CC1. The minimum absolute atomic E-state index is 0.246. The minimum atomic E-state index is -0.246. The molecule has 0 spiro atoms. The summed E-state index contributed by atoms with van der Waals surface area (Å²) >= 11 is 0. The van der Waals surface area contributed by atoms with Crippen LogP contribution in [0.1, 0.15) is 19.5 Å². The molecule has 3 rings (SSSR count). The van der Waals surface area contributed by atoms with Gasteiger partial charge in [-0.25, -0.2) is 9.78 Å². The highest BCUT2D eigenvalue weighted by Crippen LogP contribution is 2.25. The highest BCUT2D eigenvalue weighted by atomic mass is 16.6. The summed E-state index contributed by atoms with van der Waals surface area (Å²) in [7, 11) is 0.